The highest BCUT2D eigenvalue weighted by atomic mass is 16.3. The molecule has 0 aromatic rings. The number of Topliss-reactive ketones (excluding diaryl/α,β-unsaturated/α-hetero) is 1. The van der Waals surface area contributed by atoms with Gasteiger partial charge < -0.3 is 10.4 Å². The summed E-state index contributed by atoms with van der Waals surface area (Å²) in [5, 5.41) is 15.1. The minimum absolute atomic E-state index is 0.0156. The Bertz CT molecular complexity index is 693. The van der Waals surface area contributed by atoms with Gasteiger partial charge in [-0.2, -0.15) is 0 Å². The normalized spacial score (nSPS) is 40.9. The van der Waals surface area contributed by atoms with Crippen molar-refractivity contribution in [1.29, 1.82) is 0 Å². The number of carbonyl (C=O) groups is 1. The molecule has 35 heavy (non-hydrogen) atoms. The lowest BCUT2D eigenvalue weighted by molar-refractivity contribution is -0.153. The summed E-state index contributed by atoms with van der Waals surface area (Å²) in [7, 11) is 0. The molecule has 3 nitrogen and oxygen atoms in total. The van der Waals surface area contributed by atoms with Crippen LogP contribution < -0.4 is 5.32 Å². The van der Waals surface area contributed by atoms with Gasteiger partial charge in [-0.15, -0.1) is 0 Å². The van der Waals surface area contributed by atoms with Crippen LogP contribution in [0.5, 0.6) is 0 Å². The zero-order valence-electron chi connectivity index (χ0n) is 23.5. The Hall–Kier alpha value is -0.410. The topological polar surface area (TPSA) is 49.3 Å². The second kappa shape index (κ2) is 12.0. The van der Waals surface area contributed by atoms with Gasteiger partial charge in [-0.25, -0.2) is 0 Å². The molecule has 4 aliphatic rings. The van der Waals surface area contributed by atoms with Gasteiger partial charge in [-0.1, -0.05) is 78.6 Å². The highest BCUT2D eigenvalue weighted by molar-refractivity contribution is 5.87. The second-order valence-electron chi connectivity index (χ2n) is 13.9. The summed E-state index contributed by atoms with van der Waals surface area (Å²) in [5.74, 6) is 3.37. The maximum atomic E-state index is 12.7. The first kappa shape index (κ1) is 27.6. The predicted molar refractivity (Wildman–Crippen MR) is 146 cm³/mol. The molecule has 0 unspecified atom stereocenters. The predicted octanol–water partition coefficient (Wildman–Crippen LogP) is 7.84. The van der Waals surface area contributed by atoms with Gasteiger partial charge in [0, 0.05) is 18.4 Å². The molecule has 3 heteroatoms. The lowest BCUT2D eigenvalue weighted by atomic mass is 9.44. The standard InChI is InChI=1S/C32H57NO2/c1-4-5-6-7-8-9-10-11-12-13-22-33-24-32(35)21-20-30(2)25(23-32)14-15-26-27-16-17-29(34)31(27,3)19-18-28(26)30/h25-28,33,35H,4-24H2,1-3H3/t25-,26-,27-,28-,30-,31-,32+/m0/s1. The number of unbranched alkanes of at least 4 members (excludes halogenated alkanes) is 9. The molecule has 7 atom stereocenters. The quantitative estimate of drug-likeness (QED) is 0.260. The van der Waals surface area contributed by atoms with Crippen molar-refractivity contribution < 1.29 is 9.90 Å². The van der Waals surface area contributed by atoms with Gasteiger partial charge in [0.15, 0.2) is 0 Å². The number of fused-ring (bicyclic) bond motifs is 5. The molecule has 0 amide bonds. The highest BCUT2D eigenvalue weighted by Gasteiger charge is 2.61. The van der Waals surface area contributed by atoms with E-state index in [1.807, 2.05) is 0 Å². The molecular formula is C32H57NO2. The zero-order chi connectivity index (χ0) is 24.9. The van der Waals surface area contributed by atoms with Crippen LogP contribution in [0.15, 0.2) is 0 Å². The summed E-state index contributed by atoms with van der Waals surface area (Å²) in [4.78, 5) is 12.7. The van der Waals surface area contributed by atoms with Crippen LogP contribution in [0.4, 0.5) is 0 Å². The number of aliphatic hydroxyl groups is 1. The van der Waals surface area contributed by atoms with Crippen LogP contribution in [0.2, 0.25) is 0 Å². The molecule has 0 radical (unpaired) electrons. The van der Waals surface area contributed by atoms with E-state index < -0.39 is 5.60 Å². The van der Waals surface area contributed by atoms with Crippen LogP contribution in [0, 0.1) is 34.5 Å². The van der Waals surface area contributed by atoms with Crippen LogP contribution in [-0.4, -0.2) is 29.6 Å². The lowest BCUT2D eigenvalue weighted by Crippen LogP contribution is -2.57. The van der Waals surface area contributed by atoms with Gasteiger partial charge in [0.2, 0.25) is 0 Å². The van der Waals surface area contributed by atoms with Crippen LogP contribution in [-0.2, 0) is 4.79 Å². The fourth-order valence-corrected chi connectivity index (χ4v) is 9.31. The molecule has 0 aliphatic heterocycles. The first-order valence-corrected chi connectivity index (χ1v) is 15.8. The third kappa shape index (κ3) is 6.02. The average Bonchev–Trinajstić information content (AvgIpc) is 3.15. The SMILES string of the molecule is CCCCCCCCCCCCNC[C@@]1(O)CC[C@@]2(C)[C@@H](CC[C@@H]3[C@@H]2CC[C@]2(C)C(=O)CC[C@@H]32)C1. The molecule has 4 saturated carbocycles. The number of carbonyl (C=O) groups excluding carboxylic acids is 1. The Morgan fingerprint density at radius 2 is 1.51 bits per heavy atom. The van der Waals surface area contributed by atoms with Gasteiger partial charge in [-0.05, 0) is 93.4 Å². The van der Waals surface area contributed by atoms with Crippen molar-refractivity contribution in [3.05, 3.63) is 0 Å². The van der Waals surface area contributed by atoms with Crippen molar-refractivity contribution >= 4 is 5.78 Å². The third-order valence-electron chi connectivity index (χ3n) is 11.7. The summed E-state index contributed by atoms with van der Waals surface area (Å²) >= 11 is 0. The van der Waals surface area contributed by atoms with Crippen molar-refractivity contribution in [3.8, 4) is 0 Å². The summed E-state index contributed by atoms with van der Waals surface area (Å²) < 4.78 is 0. The van der Waals surface area contributed by atoms with Crippen LogP contribution in [0.3, 0.4) is 0 Å². The Kier molecular flexibility index (Phi) is 9.45. The molecular weight excluding hydrogens is 430 g/mol. The number of rotatable bonds is 13. The van der Waals surface area contributed by atoms with E-state index in [1.165, 1.54) is 89.9 Å². The van der Waals surface area contributed by atoms with Crippen molar-refractivity contribution in [3.63, 3.8) is 0 Å². The molecule has 0 saturated heterocycles. The van der Waals surface area contributed by atoms with Gasteiger partial charge in [0.1, 0.15) is 5.78 Å². The van der Waals surface area contributed by atoms with E-state index in [0.29, 0.717) is 23.0 Å². The molecule has 4 aliphatic carbocycles. The van der Waals surface area contributed by atoms with Gasteiger partial charge in [0.25, 0.3) is 0 Å². The molecule has 0 aromatic heterocycles. The molecule has 4 fully saturated rings. The van der Waals surface area contributed by atoms with Crippen LogP contribution in [0.25, 0.3) is 0 Å². The van der Waals surface area contributed by atoms with E-state index >= 15 is 0 Å². The van der Waals surface area contributed by atoms with E-state index in [4.69, 9.17) is 0 Å². The molecule has 0 heterocycles. The summed E-state index contributed by atoms with van der Waals surface area (Å²) in [6.45, 7) is 8.97. The summed E-state index contributed by atoms with van der Waals surface area (Å²) in [6.07, 6.45) is 23.8. The maximum absolute atomic E-state index is 12.7. The first-order chi connectivity index (χ1) is 16.8. The third-order valence-corrected chi connectivity index (χ3v) is 11.7. The minimum atomic E-state index is -0.512. The smallest absolute Gasteiger partial charge is 0.139 e. The van der Waals surface area contributed by atoms with E-state index in [-0.39, 0.29) is 5.41 Å². The van der Waals surface area contributed by atoms with Crippen LogP contribution in [0.1, 0.15) is 143 Å². The average molecular weight is 488 g/mol. The monoisotopic (exact) mass is 487 g/mol. The Labute approximate surface area is 217 Å². The molecule has 0 aromatic carbocycles. The molecule has 0 bridgehead atoms. The minimum Gasteiger partial charge on any atom is -0.389 e. The summed E-state index contributed by atoms with van der Waals surface area (Å²) in [5.41, 5.74) is -0.154. The van der Waals surface area contributed by atoms with Crippen LogP contribution >= 0.6 is 0 Å². The number of ketones is 1. The van der Waals surface area contributed by atoms with Crippen molar-refractivity contribution in [2.24, 2.45) is 34.5 Å². The maximum Gasteiger partial charge on any atom is 0.139 e. The van der Waals surface area contributed by atoms with Crippen molar-refractivity contribution in [2.75, 3.05) is 13.1 Å². The number of hydrogen-bond donors (Lipinski definition) is 2. The highest BCUT2D eigenvalue weighted by Crippen LogP contribution is 2.66. The second-order valence-corrected chi connectivity index (χ2v) is 13.9. The van der Waals surface area contributed by atoms with E-state index in [9.17, 15) is 9.90 Å². The summed E-state index contributed by atoms with van der Waals surface area (Å²) in [6, 6.07) is 0. The number of hydrogen-bond acceptors (Lipinski definition) is 3. The van der Waals surface area contributed by atoms with Crippen molar-refractivity contribution in [2.45, 2.75) is 148 Å². The van der Waals surface area contributed by atoms with Crippen molar-refractivity contribution in [1.82, 2.24) is 5.32 Å². The number of nitrogens with one attached hydrogen (secondary N) is 1. The Morgan fingerprint density at radius 1 is 0.829 bits per heavy atom. The zero-order valence-corrected chi connectivity index (χ0v) is 23.5. The molecule has 2 N–H and O–H groups in total. The fraction of sp³-hybridized carbons (Fsp3) is 0.969. The Morgan fingerprint density at radius 3 is 2.23 bits per heavy atom. The first-order valence-electron chi connectivity index (χ1n) is 15.8. The Balaban J connectivity index is 1.15. The molecule has 4 rings (SSSR count). The van der Waals surface area contributed by atoms with Gasteiger partial charge in [-0.3, -0.25) is 4.79 Å². The lowest BCUT2D eigenvalue weighted by Gasteiger charge is -2.61. The van der Waals surface area contributed by atoms with E-state index in [1.54, 1.807) is 0 Å². The largest absolute Gasteiger partial charge is 0.389 e. The molecule has 202 valence electrons. The van der Waals surface area contributed by atoms with Gasteiger partial charge >= 0.3 is 0 Å². The fourth-order valence-electron chi connectivity index (χ4n) is 9.31. The van der Waals surface area contributed by atoms with E-state index in [2.05, 4.69) is 26.1 Å². The van der Waals surface area contributed by atoms with Gasteiger partial charge in [0.05, 0.1) is 5.60 Å². The molecule has 0 spiro atoms. The van der Waals surface area contributed by atoms with E-state index in [0.717, 1.165) is 57.0 Å².